The topological polar surface area (TPSA) is 89.0 Å². The van der Waals surface area contributed by atoms with Gasteiger partial charge < -0.3 is 14.4 Å². The Morgan fingerprint density at radius 1 is 1.19 bits per heavy atom. The molecule has 1 aromatic heterocycles. The molecule has 4 rings (SSSR count). The van der Waals surface area contributed by atoms with E-state index in [-0.39, 0.29) is 5.78 Å². The molecule has 2 aromatic rings. The van der Waals surface area contributed by atoms with E-state index in [1.165, 1.54) is 4.90 Å². The Balaban J connectivity index is 1.65. The number of carbonyl (C=O) groups is 3. The van der Waals surface area contributed by atoms with Crippen molar-refractivity contribution in [2.24, 2.45) is 5.92 Å². The molecule has 8 heteroatoms. The number of Topliss-reactive ketones (excluding diaryl/α,β-unsaturated/α-hetero) is 2. The number of pyridine rings is 1. The summed E-state index contributed by atoms with van der Waals surface area (Å²) < 4.78 is 10.7. The summed E-state index contributed by atoms with van der Waals surface area (Å²) >= 11 is 0. The highest BCUT2D eigenvalue weighted by atomic mass is 16.5. The lowest BCUT2D eigenvalue weighted by Gasteiger charge is -2.31. The van der Waals surface area contributed by atoms with E-state index in [4.69, 9.17) is 9.47 Å². The number of aryl methyl sites for hydroxylation is 1. The van der Waals surface area contributed by atoms with Gasteiger partial charge in [0, 0.05) is 44.1 Å². The molecule has 2 fully saturated rings. The van der Waals surface area contributed by atoms with E-state index in [9.17, 15) is 14.4 Å². The minimum absolute atomic E-state index is 0.357. The lowest BCUT2D eigenvalue weighted by atomic mass is 9.86. The van der Waals surface area contributed by atoms with Gasteiger partial charge in [-0.25, -0.2) is 0 Å². The first kappa shape index (κ1) is 22.1. The van der Waals surface area contributed by atoms with Gasteiger partial charge in [-0.2, -0.15) is 0 Å². The molecule has 0 N–H and O–H groups in total. The van der Waals surface area contributed by atoms with Crippen molar-refractivity contribution < 1.29 is 23.9 Å². The van der Waals surface area contributed by atoms with Crippen LogP contribution in [0.3, 0.4) is 0 Å². The monoisotopic (exact) mass is 437 g/mol. The molecule has 0 radical (unpaired) electrons. The van der Waals surface area contributed by atoms with Crippen molar-refractivity contribution in [3.05, 3.63) is 59.4 Å². The predicted molar refractivity (Wildman–Crippen MR) is 117 cm³/mol. The van der Waals surface area contributed by atoms with Crippen LogP contribution in [0.2, 0.25) is 0 Å². The van der Waals surface area contributed by atoms with E-state index in [2.05, 4.69) is 9.88 Å². The SMILES string of the molecule is COc1ccc(C(=O)C2C(=O)C(=O)N(CCN3CCOCC3)C2c2cccnc2)cc1C. The Hall–Kier alpha value is -3.10. The van der Waals surface area contributed by atoms with Crippen LogP contribution < -0.4 is 4.74 Å². The molecule has 1 amide bonds. The van der Waals surface area contributed by atoms with Crippen molar-refractivity contribution in [1.82, 2.24) is 14.8 Å². The summed E-state index contributed by atoms with van der Waals surface area (Å²) in [5.74, 6) is -2.10. The Morgan fingerprint density at radius 2 is 1.97 bits per heavy atom. The van der Waals surface area contributed by atoms with Crippen molar-refractivity contribution in [2.75, 3.05) is 46.5 Å². The first-order valence-corrected chi connectivity index (χ1v) is 10.7. The molecule has 0 bridgehead atoms. The summed E-state index contributed by atoms with van der Waals surface area (Å²) in [7, 11) is 1.56. The molecule has 32 heavy (non-hydrogen) atoms. The van der Waals surface area contributed by atoms with Crippen LogP contribution in [0, 0.1) is 12.8 Å². The number of hydrogen-bond donors (Lipinski definition) is 0. The van der Waals surface area contributed by atoms with Crippen LogP contribution in [0.5, 0.6) is 5.75 Å². The van der Waals surface area contributed by atoms with Gasteiger partial charge in [-0.3, -0.25) is 24.3 Å². The number of carbonyl (C=O) groups excluding carboxylic acids is 3. The molecule has 2 aliphatic rings. The van der Waals surface area contributed by atoms with E-state index in [0.717, 1.165) is 18.7 Å². The number of likely N-dealkylation sites (tertiary alicyclic amines) is 1. The van der Waals surface area contributed by atoms with E-state index in [1.54, 1.807) is 43.8 Å². The number of amides is 1. The zero-order valence-electron chi connectivity index (χ0n) is 18.3. The summed E-state index contributed by atoms with van der Waals surface area (Å²) in [5, 5.41) is 0. The number of ketones is 2. The summed E-state index contributed by atoms with van der Waals surface area (Å²) in [5.41, 5.74) is 1.85. The second-order valence-electron chi connectivity index (χ2n) is 8.07. The normalized spacial score (nSPS) is 21.8. The van der Waals surface area contributed by atoms with Crippen molar-refractivity contribution in [2.45, 2.75) is 13.0 Å². The minimum atomic E-state index is -1.11. The lowest BCUT2D eigenvalue weighted by Crippen LogP contribution is -2.42. The third-order valence-corrected chi connectivity index (χ3v) is 6.15. The number of ether oxygens (including phenoxy) is 2. The summed E-state index contributed by atoms with van der Waals surface area (Å²) in [6.07, 6.45) is 3.25. The van der Waals surface area contributed by atoms with Gasteiger partial charge in [0.25, 0.3) is 5.91 Å². The van der Waals surface area contributed by atoms with Gasteiger partial charge in [-0.15, -0.1) is 0 Å². The van der Waals surface area contributed by atoms with Crippen molar-refractivity contribution in [3.8, 4) is 5.75 Å². The lowest BCUT2D eigenvalue weighted by molar-refractivity contribution is -0.141. The van der Waals surface area contributed by atoms with Crippen molar-refractivity contribution >= 4 is 17.5 Å². The number of rotatable bonds is 7. The molecular weight excluding hydrogens is 410 g/mol. The fourth-order valence-corrected chi connectivity index (χ4v) is 4.44. The maximum Gasteiger partial charge on any atom is 0.291 e. The van der Waals surface area contributed by atoms with E-state index in [1.807, 2.05) is 13.0 Å². The number of nitrogens with zero attached hydrogens (tertiary/aromatic N) is 3. The summed E-state index contributed by atoms with van der Waals surface area (Å²) in [6, 6.07) is 7.93. The third-order valence-electron chi connectivity index (χ3n) is 6.15. The highest BCUT2D eigenvalue weighted by Crippen LogP contribution is 2.38. The molecule has 0 aliphatic carbocycles. The van der Waals surface area contributed by atoms with Crippen LogP contribution in [0.15, 0.2) is 42.7 Å². The van der Waals surface area contributed by atoms with Gasteiger partial charge in [-0.05, 0) is 42.3 Å². The van der Waals surface area contributed by atoms with Gasteiger partial charge in [0.1, 0.15) is 11.7 Å². The molecule has 2 unspecified atom stereocenters. The fraction of sp³-hybridized carbons (Fsp3) is 0.417. The van der Waals surface area contributed by atoms with Crippen LogP contribution in [0.25, 0.3) is 0 Å². The molecule has 0 saturated carbocycles. The zero-order chi connectivity index (χ0) is 22.7. The number of benzene rings is 1. The molecule has 168 valence electrons. The van der Waals surface area contributed by atoms with E-state index in [0.29, 0.717) is 43.2 Å². The molecule has 2 saturated heterocycles. The van der Waals surface area contributed by atoms with Crippen LogP contribution in [-0.4, -0.2) is 78.8 Å². The number of aromatic nitrogens is 1. The molecule has 2 atom stereocenters. The van der Waals surface area contributed by atoms with Crippen molar-refractivity contribution in [3.63, 3.8) is 0 Å². The number of methoxy groups -OCH3 is 1. The van der Waals surface area contributed by atoms with E-state index >= 15 is 0 Å². The van der Waals surface area contributed by atoms with Crippen LogP contribution in [0.4, 0.5) is 0 Å². The van der Waals surface area contributed by atoms with Gasteiger partial charge in [0.15, 0.2) is 5.78 Å². The minimum Gasteiger partial charge on any atom is -0.496 e. The number of morpholine rings is 1. The summed E-state index contributed by atoms with van der Waals surface area (Å²) in [6.45, 7) is 5.66. The Kier molecular flexibility index (Phi) is 6.62. The third kappa shape index (κ3) is 4.28. The smallest absolute Gasteiger partial charge is 0.291 e. The second kappa shape index (κ2) is 9.58. The summed E-state index contributed by atoms with van der Waals surface area (Å²) in [4.78, 5) is 47.5. The Bertz CT molecular complexity index is 1000. The van der Waals surface area contributed by atoms with Gasteiger partial charge >= 0.3 is 0 Å². The standard InChI is InChI=1S/C24H27N3O5/c1-16-14-17(5-6-19(16)31-2)22(28)20-21(18-4-3-7-25-15-18)27(24(30)23(20)29)9-8-26-10-12-32-13-11-26/h3-7,14-15,20-21H,8-13H2,1-2H3. The number of hydrogen-bond acceptors (Lipinski definition) is 7. The van der Waals surface area contributed by atoms with E-state index < -0.39 is 23.7 Å². The molecule has 3 heterocycles. The highest BCUT2D eigenvalue weighted by Gasteiger charge is 2.51. The largest absolute Gasteiger partial charge is 0.496 e. The maximum absolute atomic E-state index is 13.5. The molecule has 2 aliphatic heterocycles. The first-order valence-electron chi connectivity index (χ1n) is 10.7. The Labute approximate surface area is 187 Å². The zero-order valence-corrected chi connectivity index (χ0v) is 18.3. The first-order chi connectivity index (χ1) is 15.5. The average molecular weight is 437 g/mol. The molecule has 1 aromatic carbocycles. The van der Waals surface area contributed by atoms with Crippen LogP contribution >= 0.6 is 0 Å². The molecule has 8 nitrogen and oxygen atoms in total. The Morgan fingerprint density at radius 3 is 2.62 bits per heavy atom. The van der Waals surface area contributed by atoms with Gasteiger partial charge in [0.05, 0.1) is 26.4 Å². The highest BCUT2D eigenvalue weighted by molar-refractivity contribution is 6.44. The second-order valence-corrected chi connectivity index (χ2v) is 8.07. The fourth-order valence-electron chi connectivity index (χ4n) is 4.44. The quantitative estimate of drug-likeness (QED) is 0.370. The molecular formula is C24H27N3O5. The van der Waals surface area contributed by atoms with Crippen LogP contribution in [0.1, 0.15) is 27.5 Å². The maximum atomic E-state index is 13.5. The van der Waals surface area contributed by atoms with Crippen molar-refractivity contribution in [1.29, 1.82) is 0 Å². The van der Waals surface area contributed by atoms with Gasteiger partial charge in [0.2, 0.25) is 5.78 Å². The predicted octanol–water partition coefficient (Wildman–Crippen LogP) is 1.68. The van der Waals surface area contributed by atoms with Gasteiger partial charge in [-0.1, -0.05) is 6.07 Å². The van der Waals surface area contributed by atoms with Crippen LogP contribution in [-0.2, 0) is 14.3 Å². The molecule has 0 spiro atoms. The average Bonchev–Trinajstić information content (AvgIpc) is 3.08.